The maximum Gasteiger partial charge on any atom is 0.274 e. The zero-order valence-corrected chi connectivity index (χ0v) is 12.0. The van der Waals surface area contributed by atoms with E-state index in [9.17, 15) is 10.1 Å². The molecule has 16 heavy (non-hydrogen) atoms. The predicted octanol–water partition coefficient (Wildman–Crippen LogP) is 3.82. The van der Waals surface area contributed by atoms with Gasteiger partial charge in [0, 0.05) is 22.5 Å². The van der Waals surface area contributed by atoms with Crippen LogP contribution >= 0.6 is 38.5 Å². The molecule has 6 heteroatoms. The number of halogens is 2. The van der Waals surface area contributed by atoms with E-state index in [1.807, 2.05) is 22.6 Å². The van der Waals surface area contributed by atoms with E-state index in [1.165, 1.54) is 6.07 Å². The van der Waals surface area contributed by atoms with E-state index >= 15 is 0 Å². The van der Waals surface area contributed by atoms with Gasteiger partial charge in [-0.15, -0.1) is 0 Å². The van der Waals surface area contributed by atoms with Crippen LogP contribution in [0.1, 0.15) is 5.56 Å². The minimum Gasteiger partial charge on any atom is -0.488 e. The van der Waals surface area contributed by atoms with Crippen LogP contribution in [-0.4, -0.2) is 9.54 Å². The normalized spacial score (nSPS) is 9.88. The smallest absolute Gasteiger partial charge is 0.274 e. The molecule has 0 aliphatic carbocycles. The molecule has 1 aromatic rings. The summed E-state index contributed by atoms with van der Waals surface area (Å²) in [4.78, 5) is 10.4. The van der Waals surface area contributed by atoms with Crippen molar-refractivity contribution in [1.82, 2.24) is 0 Å². The molecule has 0 heterocycles. The highest BCUT2D eigenvalue weighted by Gasteiger charge is 2.15. The number of nitro groups is 1. The van der Waals surface area contributed by atoms with Gasteiger partial charge in [-0.1, -0.05) is 28.6 Å². The number of benzene rings is 1. The minimum absolute atomic E-state index is 0.0765. The zero-order valence-electron chi connectivity index (χ0n) is 8.28. The second-order valence-corrected chi connectivity index (χ2v) is 4.54. The van der Waals surface area contributed by atoms with Crippen LogP contribution in [0.15, 0.2) is 35.0 Å². The largest absolute Gasteiger partial charge is 0.488 e. The van der Waals surface area contributed by atoms with Crippen molar-refractivity contribution in [3.63, 3.8) is 0 Å². The average molecular weight is 398 g/mol. The van der Waals surface area contributed by atoms with Gasteiger partial charge in [-0.3, -0.25) is 10.1 Å². The lowest BCUT2D eigenvalue weighted by molar-refractivity contribution is -0.385. The number of hydrogen-bond donors (Lipinski definition) is 0. The predicted molar refractivity (Wildman–Crippen MR) is 73.6 cm³/mol. The van der Waals surface area contributed by atoms with E-state index in [1.54, 1.807) is 12.1 Å². The van der Waals surface area contributed by atoms with Crippen molar-refractivity contribution in [2.45, 2.75) is 6.42 Å². The Morgan fingerprint density at radius 1 is 1.62 bits per heavy atom. The Balaban J connectivity index is 2.95. The van der Waals surface area contributed by atoms with Crippen molar-refractivity contribution in [1.29, 1.82) is 0 Å². The van der Waals surface area contributed by atoms with Gasteiger partial charge in [-0.25, -0.2) is 0 Å². The third-order valence-electron chi connectivity index (χ3n) is 1.89. The van der Waals surface area contributed by atoms with Crippen LogP contribution in [0.25, 0.3) is 0 Å². The van der Waals surface area contributed by atoms with E-state index in [0.717, 1.165) is 0 Å². The van der Waals surface area contributed by atoms with Gasteiger partial charge in [0.1, 0.15) is 4.61 Å². The summed E-state index contributed by atoms with van der Waals surface area (Å²) in [6, 6.07) is 4.94. The Labute approximate surface area is 115 Å². The van der Waals surface area contributed by atoms with Crippen LogP contribution in [0.3, 0.4) is 0 Å². The molecule has 0 bridgehead atoms. The van der Waals surface area contributed by atoms with Crippen molar-refractivity contribution < 1.29 is 9.66 Å². The van der Waals surface area contributed by atoms with Gasteiger partial charge in [-0.05, 0) is 28.7 Å². The van der Waals surface area contributed by atoms with Gasteiger partial charge in [0.2, 0.25) is 0 Å². The molecular weight excluding hydrogens is 389 g/mol. The summed E-state index contributed by atoms with van der Waals surface area (Å²) in [6.07, 6.45) is 0.354. The van der Waals surface area contributed by atoms with Crippen molar-refractivity contribution in [2.24, 2.45) is 0 Å². The lowest BCUT2D eigenvalue weighted by Crippen LogP contribution is -1.99. The standard InChI is InChI=1S/C10H9BrINO3/c1-7(16-6-12)4-8-2-3-9(11)5-10(8)13(14)15/h2-3,5H,1,4,6H2. The molecule has 0 N–H and O–H groups in total. The molecule has 1 rings (SSSR count). The molecule has 0 saturated carbocycles. The van der Waals surface area contributed by atoms with E-state index in [-0.39, 0.29) is 5.69 Å². The highest BCUT2D eigenvalue weighted by Crippen LogP contribution is 2.25. The molecule has 4 nitrogen and oxygen atoms in total. The zero-order chi connectivity index (χ0) is 12.1. The first-order valence-corrected chi connectivity index (χ1v) is 6.66. The summed E-state index contributed by atoms with van der Waals surface area (Å²) in [5.74, 6) is 0.528. The topological polar surface area (TPSA) is 52.4 Å². The van der Waals surface area contributed by atoms with Crippen LogP contribution in [-0.2, 0) is 11.2 Å². The first kappa shape index (κ1) is 13.4. The van der Waals surface area contributed by atoms with Crippen LogP contribution in [0.5, 0.6) is 0 Å². The highest BCUT2D eigenvalue weighted by atomic mass is 127. The Hall–Kier alpha value is -0.630. The van der Waals surface area contributed by atoms with Gasteiger partial charge in [0.25, 0.3) is 5.69 Å². The average Bonchev–Trinajstić information content (AvgIpc) is 2.20. The summed E-state index contributed by atoms with van der Waals surface area (Å²) in [5, 5.41) is 10.8. The number of allylic oxidation sites excluding steroid dienone is 1. The molecule has 0 saturated heterocycles. The maximum absolute atomic E-state index is 10.8. The maximum atomic E-state index is 10.8. The van der Waals surface area contributed by atoms with E-state index in [4.69, 9.17) is 4.74 Å². The van der Waals surface area contributed by atoms with Gasteiger partial charge >= 0.3 is 0 Å². The molecule has 0 aliphatic rings. The number of hydrogen-bond acceptors (Lipinski definition) is 3. The number of alkyl halides is 1. The first-order chi connectivity index (χ1) is 7.54. The summed E-state index contributed by atoms with van der Waals surface area (Å²) in [6.45, 7) is 3.70. The number of rotatable bonds is 5. The quantitative estimate of drug-likeness (QED) is 0.249. The molecule has 86 valence electrons. The second kappa shape index (κ2) is 6.19. The molecule has 0 atom stereocenters. The molecule has 1 aromatic carbocycles. The lowest BCUT2D eigenvalue weighted by atomic mass is 10.1. The first-order valence-electron chi connectivity index (χ1n) is 4.34. The van der Waals surface area contributed by atoms with Gasteiger partial charge in [0.15, 0.2) is 0 Å². The Kier molecular flexibility index (Phi) is 5.20. The van der Waals surface area contributed by atoms with Crippen LogP contribution in [0.2, 0.25) is 0 Å². The number of ether oxygens (including phenoxy) is 1. The fraction of sp³-hybridized carbons (Fsp3) is 0.200. The molecular formula is C10H9BrINO3. The molecule has 0 spiro atoms. The fourth-order valence-corrected chi connectivity index (χ4v) is 1.99. The van der Waals surface area contributed by atoms with E-state index in [0.29, 0.717) is 26.8 Å². The summed E-state index contributed by atoms with van der Waals surface area (Å²) < 4.78 is 6.34. The third-order valence-corrected chi connectivity index (χ3v) is 2.69. The Morgan fingerprint density at radius 2 is 2.31 bits per heavy atom. The third kappa shape index (κ3) is 3.75. The monoisotopic (exact) mass is 397 g/mol. The van der Waals surface area contributed by atoms with Crippen molar-refractivity contribution in [2.75, 3.05) is 4.61 Å². The minimum atomic E-state index is -0.405. The number of nitrogens with zero attached hydrogens (tertiary/aromatic N) is 1. The summed E-state index contributed by atoms with van der Waals surface area (Å²) in [7, 11) is 0. The van der Waals surface area contributed by atoms with E-state index in [2.05, 4.69) is 22.5 Å². The van der Waals surface area contributed by atoms with Gasteiger partial charge in [0.05, 0.1) is 10.7 Å². The van der Waals surface area contributed by atoms with Crippen LogP contribution in [0, 0.1) is 10.1 Å². The molecule has 0 aromatic heterocycles. The Morgan fingerprint density at radius 3 is 2.88 bits per heavy atom. The van der Waals surface area contributed by atoms with Gasteiger partial charge in [-0.2, -0.15) is 0 Å². The van der Waals surface area contributed by atoms with Crippen LogP contribution in [0.4, 0.5) is 5.69 Å². The lowest BCUT2D eigenvalue weighted by Gasteiger charge is -2.06. The summed E-state index contributed by atoms with van der Waals surface area (Å²) in [5.41, 5.74) is 0.677. The Bertz CT molecular complexity index is 423. The van der Waals surface area contributed by atoms with Crippen LogP contribution < -0.4 is 0 Å². The molecule has 0 fully saturated rings. The number of nitro benzene ring substituents is 1. The van der Waals surface area contributed by atoms with Crippen molar-refractivity contribution in [3.05, 3.63) is 50.7 Å². The van der Waals surface area contributed by atoms with Gasteiger partial charge < -0.3 is 4.74 Å². The fourth-order valence-electron chi connectivity index (χ4n) is 1.20. The summed E-state index contributed by atoms with van der Waals surface area (Å²) >= 11 is 5.25. The molecule has 0 amide bonds. The SMILES string of the molecule is C=C(Cc1ccc(Br)cc1[N+](=O)[O-])OCI. The second-order valence-electron chi connectivity index (χ2n) is 3.00. The van der Waals surface area contributed by atoms with Crippen molar-refractivity contribution >= 4 is 44.2 Å². The molecule has 0 unspecified atom stereocenters. The molecule has 0 aliphatic heterocycles. The highest BCUT2D eigenvalue weighted by molar-refractivity contribution is 14.1. The van der Waals surface area contributed by atoms with Crippen molar-refractivity contribution in [3.8, 4) is 0 Å². The van der Waals surface area contributed by atoms with E-state index < -0.39 is 4.92 Å². The molecule has 0 radical (unpaired) electrons.